The lowest BCUT2D eigenvalue weighted by Gasteiger charge is -2.24. The van der Waals surface area contributed by atoms with Gasteiger partial charge in [-0.3, -0.25) is 5.32 Å². The molecule has 4 aromatic rings. The van der Waals surface area contributed by atoms with E-state index < -0.39 is 17.9 Å². The highest BCUT2D eigenvalue weighted by Gasteiger charge is 2.34. The van der Waals surface area contributed by atoms with Crippen molar-refractivity contribution >= 4 is 23.2 Å². The van der Waals surface area contributed by atoms with Crippen LogP contribution in [0, 0.1) is 6.92 Å². The van der Waals surface area contributed by atoms with Gasteiger partial charge >= 0.3 is 12.2 Å². The number of aryl methyl sites for hydroxylation is 1. The number of carbonyl (C=O) groups excluding carboxylic acids is 1. The van der Waals surface area contributed by atoms with Gasteiger partial charge < -0.3 is 19.8 Å². The van der Waals surface area contributed by atoms with Crippen LogP contribution in [0.5, 0.6) is 5.88 Å². The van der Waals surface area contributed by atoms with E-state index in [9.17, 15) is 18.0 Å². The number of amides is 2. The number of rotatable bonds is 7. The van der Waals surface area contributed by atoms with E-state index in [2.05, 4.69) is 41.1 Å². The molecule has 0 bridgehead atoms. The second kappa shape index (κ2) is 11.6. The quantitative estimate of drug-likeness (QED) is 0.281. The van der Waals surface area contributed by atoms with Gasteiger partial charge in [-0.25, -0.2) is 19.7 Å². The zero-order chi connectivity index (χ0) is 28.3. The number of anilines is 1. The highest BCUT2D eigenvalue weighted by molar-refractivity contribution is 7.13. The number of thiazole rings is 1. The molecule has 15 heteroatoms. The Labute approximate surface area is 230 Å². The first-order valence-corrected chi connectivity index (χ1v) is 13.4. The van der Waals surface area contributed by atoms with E-state index >= 15 is 0 Å². The molecule has 0 unspecified atom stereocenters. The Bertz CT molecular complexity index is 1500. The highest BCUT2D eigenvalue weighted by atomic mass is 32.1. The molecule has 40 heavy (non-hydrogen) atoms. The highest BCUT2D eigenvalue weighted by Crippen LogP contribution is 2.42. The van der Waals surface area contributed by atoms with Crippen molar-refractivity contribution in [2.45, 2.75) is 39.0 Å². The van der Waals surface area contributed by atoms with Crippen LogP contribution >= 0.6 is 11.3 Å². The van der Waals surface area contributed by atoms with Gasteiger partial charge in [0.25, 0.3) is 0 Å². The Hall–Kier alpha value is -4.11. The minimum absolute atomic E-state index is 0.0792. The van der Waals surface area contributed by atoms with Gasteiger partial charge in [0.1, 0.15) is 16.9 Å². The summed E-state index contributed by atoms with van der Waals surface area (Å²) in [5, 5.41) is 17.4. The molecule has 0 saturated carbocycles. The van der Waals surface area contributed by atoms with E-state index in [4.69, 9.17) is 9.15 Å². The minimum Gasteiger partial charge on any atom is -0.474 e. The lowest BCUT2D eigenvalue weighted by Crippen LogP contribution is -2.34. The maximum Gasteiger partial charge on any atom is 0.434 e. The fourth-order valence-electron chi connectivity index (χ4n) is 4.10. The van der Waals surface area contributed by atoms with E-state index in [0.717, 1.165) is 42.6 Å². The largest absolute Gasteiger partial charge is 0.474 e. The zero-order valence-electron chi connectivity index (χ0n) is 21.5. The van der Waals surface area contributed by atoms with Crippen LogP contribution in [-0.4, -0.2) is 56.9 Å². The van der Waals surface area contributed by atoms with E-state index in [1.165, 1.54) is 18.5 Å². The lowest BCUT2D eigenvalue weighted by molar-refractivity contribution is -0.140. The smallest absolute Gasteiger partial charge is 0.434 e. The summed E-state index contributed by atoms with van der Waals surface area (Å²) in [7, 11) is 0. The maximum absolute atomic E-state index is 13.5. The molecule has 4 aromatic heterocycles. The van der Waals surface area contributed by atoms with Crippen molar-refractivity contribution in [3.63, 3.8) is 0 Å². The third-order valence-corrected chi connectivity index (χ3v) is 6.86. The van der Waals surface area contributed by atoms with Gasteiger partial charge in [0.2, 0.25) is 17.7 Å². The summed E-state index contributed by atoms with van der Waals surface area (Å²) >= 11 is 0.824. The summed E-state index contributed by atoms with van der Waals surface area (Å²) < 4.78 is 52.2. The Morgan fingerprint density at radius 3 is 2.62 bits per heavy atom. The molecular formula is C25H25F3N8O3S. The second-order valence-electron chi connectivity index (χ2n) is 8.91. The number of aromatic nitrogens is 5. The molecule has 5 rings (SSSR count). The SMILES string of the molecule is CCNC(=O)Nc1cc(-c2nc(C(F)(F)F)cs2)c(-c2cc(-c3nnc(C)o3)cnc2OC2CCNCC2)cn1. The second-order valence-corrected chi connectivity index (χ2v) is 9.76. The van der Waals surface area contributed by atoms with Gasteiger partial charge in [0, 0.05) is 47.9 Å². The van der Waals surface area contributed by atoms with Crippen molar-refractivity contribution in [3.05, 3.63) is 41.5 Å². The predicted octanol–water partition coefficient (Wildman–Crippen LogP) is 4.92. The number of ether oxygens (including phenoxy) is 1. The Kier molecular flexibility index (Phi) is 7.93. The Balaban J connectivity index is 1.65. The summed E-state index contributed by atoms with van der Waals surface area (Å²) in [6.07, 6.45) is -0.237. The van der Waals surface area contributed by atoms with Gasteiger partial charge in [-0.2, -0.15) is 13.2 Å². The van der Waals surface area contributed by atoms with Crippen LogP contribution in [0.1, 0.15) is 31.4 Å². The number of nitrogens with zero attached hydrogens (tertiary/aromatic N) is 5. The molecule has 1 saturated heterocycles. The number of pyridine rings is 2. The van der Waals surface area contributed by atoms with Gasteiger partial charge in [0.15, 0.2) is 5.69 Å². The molecule has 2 amide bonds. The summed E-state index contributed by atoms with van der Waals surface area (Å²) in [4.78, 5) is 24.9. The first-order chi connectivity index (χ1) is 19.2. The maximum atomic E-state index is 13.5. The van der Waals surface area contributed by atoms with E-state index in [-0.39, 0.29) is 28.7 Å². The molecule has 5 heterocycles. The first kappa shape index (κ1) is 27.5. The molecule has 3 N–H and O–H groups in total. The third kappa shape index (κ3) is 6.20. The minimum atomic E-state index is -4.62. The topological polar surface area (TPSA) is 140 Å². The van der Waals surface area contributed by atoms with E-state index in [1.807, 2.05) is 0 Å². The predicted molar refractivity (Wildman–Crippen MR) is 141 cm³/mol. The van der Waals surface area contributed by atoms with Crippen molar-refractivity contribution in [1.29, 1.82) is 0 Å². The molecule has 0 aliphatic carbocycles. The van der Waals surface area contributed by atoms with Crippen molar-refractivity contribution in [2.24, 2.45) is 0 Å². The van der Waals surface area contributed by atoms with Crippen molar-refractivity contribution in [1.82, 2.24) is 35.8 Å². The molecule has 210 valence electrons. The van der Waals surface area contributed by atoms with Crippen LogP contribution in [-0.2, 0) is 6.18 Å². The number of carbonyl (C=O) groups is 1. The number of alkyl halides is 3. The summed E-state index contributed by atoms with van der Waals surface area (Å²) in [5.74, 6) is 0.979. The molecular weight excluding hydrogens is 549 g/mol. The normalized spacial score (nSPS) is 14.2. The van der Waals surface area contributed by atoms with Crippen LogP contribution < -0.4 is 20.7 Å². The Morgan fingerprint density at radius 2 is 1.95 bits per heavy atom. The van der Waals surface area contributed by atoms with Gasteiger partial charge in [-0.05, 0) is 45.0 Å². The van der Waals surface area contributed by atoms with Crippen LogP contribution in [0.25, 0.3) is 33.2 Å². The molecule has 0 radical (unpaired) electrons. The molecule has 1 aliphatic rings. The molecule has 0 atom stereocenters. The lowest BCUT2D eigenvalue weighted by atomic mass is 10.0. The van der Waals surface area contributed by atoms with Crippen LogP contribution in [0.3, 0.4) is 0 Å². The van der Waals surface area contributed by atoms with Gasteiger partial charge in [0.05, 0.1) is 5.56 Å². The van der Waals surface area contributed by atoms with Gasteiger partial charge in [-0.1, -0.05) is 0 Å². The van der Waals surface area contributed by atoms with Crippen molar-refractivity contribution in [3.8, 4) is 39.0 Å². The summed E-state index contributed by atoms with van der Waals surface area (Å²) in [6, 6.07) is 2.68. The molecule has 1 fully saturated rings. The first-order valence-electron chi connectivity index (χ1n) is 12.5. The molecule has 11 nitrogen and oxygen atoms in total. The number of hydrogen-bond acceptors (Lipinski definition) is 10. The number of nitrogens with one attached hydrogen (secondary N) is 3. The van der Waals surface area contributed by atoms with Crippen LogP contribution in [0.15, 0.2) is 34.3 Å². The fraction of sp³-hybridized carbons (Fsp3) is 0.360. The number of urea groups is 1. The zero-order valence-corrected chi connectivity index (χ0v) is 22.3. The fourth-order valence-corrected chi connectivity index (χ4v) is 4.96. The van der Waals surface area contributed by atoms with E-state index in [0.29, 0.717) is 34.7 Å². The summed E-state index contributed by atoms with van der Waals surface area (Å²) in [6.45, 7) is 5.35. The van der Waals surface area contributed by atoms with Crippen LogP contribution in [0.2, 0.25) is 0 Å². The van der Waals surface area contributed by atoms with Crippen molar-refractivity contribution < 1.29 is 27.1 Å². The van der Waals surface area contributed by atoms with E-state index in [1.54, 1.807) is 19.9 Å². The summed E-state index contributed by atoms with van der Waals surface area (Å²) in [5.41, 5.74) is 0.617. The molecule has 0 aromatic carbocycles. The third-order valence-electron chi connectivity index (χ3n) is 5.99. The Morgan fingerprint density at radius 1 is 1.15 bits per heavy atom. The molecule has 1 aliphatic heterocycles. The standard InChI is InChI=1S/C25H25F3N8O3S/c1-3-30-24(37)34-20-9-17(23-33-19(12-40-23)25(26,27)28)18(11-31-20)16-8-14(21-36-35-13(2)38-21)10-32-22(16)39-15-4-6-29-7-5-15/h8-12,15,29H,3-7H2,1-2H3,(H2,30,31,34,37). The van der Waals surface area contributed by atoms with Crippen LogP contribution in [0.4, 0.5) is 23.8 Å². The van der Waals surface area contributed by atoms with Crippen molar-refractivity contribution in [2.75, 3.05) is 25.0 Å². The van der Waals surface area contributed by atoms with Gasteiger partial charge in [-0.15, -0.1) is 21.5 Å². The number of piperidine rings is 1. The number of halogens is 3. The monoisotopic (exact) mass is 574 g/mol. The average Bonchev–Trinajstić information content (AvgIpc) is 3.60. The average molecular weight is 575 g/mol. The molecule has 0 spiro atoms. The number of hydrogen-bond donors (Lipinski definition) is 3.